The van der Waals surface area contributed by atoms with Crippen LogP contribution in [0.3, 0.4) is 0 Å². The maximum atomic E-state index is 5.44. The third kappa shape index (κ3) is 1.12. The number of furan rings is 1. The molecular weight excluding hydrogens is 174 g/mol. The second-order valence-corrected chi connectivity index (χ2v) is 3.40. The van der Waals surface area contributed by atoms with Crippen molar-refractivity contribution in [3.8, 4) is 0 Å². The lowest BCUT2D eigenvalue weighted by atomic mass is 10.6. The van der Waals surface area contributed by atoms with Crippen molar-refractivity contribution in [1.29, 1.82) is 0 Å². The Balaban J connectivity index is 2.43. The standard InChI is InChI=1S/C7H9N3OS/c1-2-9-7-10-6-4(12-7)3-5(8)11-6/h3H,2,8H2,1H3,(H,9,10). The van der Waals surface area contributed by atoms with Crippen molar-refractivity contribution in [3.63, 3.8) is 0 Å². The summed E-state index contributed by atoms with van der Waals surface area (Å²) < 4.78 is 6.12. The van der Waals surface area contributed by atoms with Crippen molar-refractivity contribution in [1.82, 2.24) is 4.98 Å². The zero-order valence-electron chi connectivity index (χ0n) is 6.63. The van der Waals surface area contributed by atoms with Gasteiger partial charge in [0.2, 0.25) is 5.71 Å². The van der Waals surface area contributed by atoms with Gasteiger partial charge < -0.3 is 15.5 Å². The highest BCUT2D eigenvalue weighted by atomic mass is 32.1. The highest BCUT2D eigenvalue weighted by Crippen LogP contribution is 2.29. The zero-order chi connectivity index (χ0) is 8.55. The van der Waals surface area contributed by atoms with Crippen LogP contribution in [0.5, 0.6) is 0 Å². The Hall–Kier alpha value is -1.23. The van der Waals surface area contributed by atoms with Crippen molar-refractivity contribution in [2.24, 2.45) is 0 Å². The van der Waals surface area contributed by atoms with E-state index >= 15 is 0 Å². The second kappa shape index (κ2) is 2.67. The Labute approximate surface area is 73.4 Å². The van der Waals surface area contributed by atoms with Crippen LogP contribution < -0.4 is 11.1 Å². The van der Waals surface area contributed by atoms with Gasteiger partial charge in [-0.15, -0.1) is 0 Å². The summed E-state index contributed by atoms with van der Waals surface area (Å²) in [6, 6.07) is 1.79. The second-order valence-electron chi connectivity index (χ2n) is 2.37. The van der Waals surface area contributed by atoms with E-state index in [0.717, 1.165) is 16.4 Å². The molecule has 2 aromatic rings. The molecule has 0 atom stereocenters. The molecule has 12 heavy (non-hydrogen) atoms. The van der Waals surface area contributed by atoms with Crippen molar-refractivity contribution in [2.75, 3.05) is 17.6 Å². The van der Waals surface area contributed by atoms with Crippen molar-refractivity contribution in [3.05, 3.63) is 6.07 Å². The topological polar surface area (TPSA) is 64.1 Å². The van der Waals surface area contributed by atoms with Crippen LogP contribution in [0.15, 0.2) is 10.5 Å². The number of fused-ring (bicyclic) bond motifs is 1. The fourth-order valence-electron chi connectivity index (χ4n) is 0.979. The van der Waals surface area contributed by atoms with Gasteiger partial charge in [-0.1, -0.05) is 11.3 Å². The summed E-state index contributed by atoms with van der Waals surface area (Å²) >= 11 is 1.55. The maximum absolute atomic E-state index is 5.44. The first-order chi connectivity index (χ1) is 5.79. The molecule has 0 bridgehead atoms. The van der Waals surface area contributed by atoms with Crippen molar-refractivity contribution in [2.45, 2.75) is 6.92 Å². The van der Waals surface area contributed by atoms with Crippen LogP contribution in [-0.4, -0.2) is 11.5 Å². The molecule has 3 N–H and O–H groups in total. The molecule has 0 saturated carbocycles. The molecule has 2 heterocycles. The molecule has 5 heteroatoms. The minimum atomic E-state index is 0.423. The average Bonchev–Trinajstić information content (AvgIpc) is 2.44. The number of hydrogen-bond acceptors (Lipinski definition) is 5. The van der Waals surface area contributed by atoms with Gasteiger partial charge in [0.25, 0.3) is 0 Å². The van der Waals surface area contributed by atoms with Gasteiger partial charge in [-0.3, -0.25) is 0 Å². The molecule has 2 rings (SSSR count). The van der Waals surface area contributed by atoms with Crippen molar-refractivity contribution < 1.29 is 4.42 Å². The molecule has 0 spiro atoms. The van der Waals surface area contributed by atoms with Gasteiger partial charge in [0.05, 0.1) is 4.70 Å². The fraction of sp³-hybridized carbons (Fsp3) is 0.286. The van der Waals surface area contributed by atoms with Gasteiger partial charge in [-0.25, -0.2) is 0 Å². The number of aromatic nitrogens is 1. The summed E-state index contributed by atoms with van der Waals surface area (Å²) in [4.78, 5) is 4.18. The Morgan fingerprint density at radius 1 is 1.75 bits per heavy atom. The van der Waals surface area contributed by atoms with E-state index in [4.69, 9.17) is 10.2 Å². The number of nitrogens with two attached hydrogens (primary N) is 1. The first-order valence-electron chi connectivity index (χ1n) is 3.69. The van der Waals surface area contributed by atoms with Crippen LogP contribution in [0.2, 0.25) is 0 Å². The summed E-state index contributed by atoms with van der Waals surface area (Å²) in [5.74, 6) is 0.423. The summed E-state index contributed by atoms with van der Waals surface area (Å²) in [5.41, 5.74) is 6.06. The largest absolute Gasteiger partial charge is 0.422 e. The normalized spacial score (nSPS) is 10.8. The van der Waals surface area contributed by atoms with Crippen LogP contribution >= 0.6 is 11.3 Å². The van der Waals surface area contributed by atoms with E-state index in [2.05, 4.69) is 10.3 Å². The number of anilines is 2. The molecule has 0 radical (unpaired) electrons. The average molecular weight is 183 g/mol. The number of nitrogen functional groups attached to an aromatic ring is 1. The summed E-state index contributed by atoms with van der Waals surface area (Å²) in [6.07, 6.45) is 0. The SMILES string of the molecule is CCNc1nc2oc(N)cc2s1. The summed E-state index contributed by atoms with van der Waals surface area (Å²) in [7, 11) is 0. The minimum Gasteiger partial charge on any atom is -0.422 e. The third-order valence-electron chi connectivity index (χ3n) is 1.44. The molecule has 0 fully saturated rings. The first-order valence-corrected chi connectivity index (χ1v) is 4.51. The van der Waals surface area contributed by atoms with Crippen LogP contribution in [0, 0.1) is 0 Å². The number of thiazole rings is 1. The fourth-order valence-corrected chi connectivity index (χ4v) is 1.88. The molecule has 2 aromatic heterocycles. The van der Waals surface area contributed by atoms with E-state index in [0.29, 0.717) is 11.6 Å². The lowest BCUT2D eigenvalue weighted by Crippen LogP contribution is -1.94. The van der Waals surface area contributed by atoms with Gasteiger partial charge in [0.15, 0.2) is 11.0 Å². The Morgan fingerprint density at radius 3 is 3.25 bits per heavy atom. The van der Waals surface area contributed by atoms with Gasteiger partial charge in [0, 0.05) is 12.6 Å². The Morgan fingerprint density at radius 2 is 2.58 bits per heavy atom. The third-order valence-corrected chi connectivity index (χ3v) is 2.38. The van der Waals surface area contributed by atoms with E-state index < -0.39 is 0 Å². The van der Waals surface area contributed by atoms with Crippen LogP contribution in [0.4, 0.5) is 11.0 Å². The number of hydrogen-bond donors (Lipinski definition) is 2. The van der Waals surface area contributed by atoms with Gasteiger partial charge in [-0.2, -0.15) is 4.98 Å². The van der Waals surface area contributed by atoms with E-state index in [1.165, 1.54) is 0 Å². The lowest BCUT2D eigenvalue weighted by Gasteiger charge is -1.92. The smallest absolute Gasteiger partial charge is 0.241 e. The van der Waals surface area contributed by atoms with Gasteiger partial charge >= 0.3 is 0 Å². The zero-order valence-corrected chi connectivity index (χ0v) is 7.44. The van der Waals surface area contributed by atoms with E-state index in [1.54, 1.807) is 17.4 Å². The molecule has 0 saturated heterocycles. The van der Waals surface area contributed by atoms with Crippen molar-refractivity contribution >= 4 is 32.8 Å². The maximum Gasteiger partial charge on any atom is 0.241 e. The summed E-state index contributed by atoms with van der Waals surface area (Å²) in [5, 5.41) is 3.99. The predicted octanol–water partition coefficient (Wildman–Crippen LogP) is 1.90. The van der Waals surface area contributed by atoms with Crippen LogP contribution in [0.1, 0.15) is 6.92 Å². The molecule has 64 valence electrons. The molecule has 0 aromatic carbocycles. The quantitative estimate of drug-likeness (QED) is 0.746. The molecule has 0 aliphatic carbocycles. The lowest BCUT2D eigenvalue weighted by molar-refractivity contribution is 0.625. The molecule has 0 amide bonds. The highest BCUT2D eigenvalue weighted by molar-refractivity contribution is 7.22. The van der Waals surface area contributed by atoms with Crippen LogP contribution in [-0.2, 0) is 0 Å². The van der Waals surface area contributed by atoms with E-state index in [9.17, 15) is 0 Å². The molecule has 0 unspecified atom stereocenters. The molecule has 0 aliphatic rings. The predicted molar refractivity (Wildman–Crippen MR) is 50.5 cm³/mol. The number of nitrogens with one attached hydrogen (secondary N) is 1. The van der Waals surface area contributed by atoms with E-state index in [-0.39, 0.29) is 0 Å². The monoisotopic (exact) mass is 183 g/mol. The van der Waals surface area contributed by atoms with Crippen LogP contribution in [0.25, 0.3) is 10.4 Å². The minimum absolute atomic E-state index is 0.423. The Kier molecular flexibility index (Phi) is 1.65. The summed E-state index contributed by atoms with van der Waals surface area (Å²) in [6.45, 7) is 2.89. The van der Waals surface area contributed by atoms with Gasteiger partial charge in [-0.05, 0) is 6.92 Å². The first kappa shape index (κ1) is 7.42. The Bertz CT molecular complexity index is 361. The number of nitrogens with zero attached hydrogens (tertiary/aromatic N) is 1. The highest BCUT2D eigenvalue weighted by Gasteiger charge is 2.06. The van der Waals surface area contributed by atoms with Gasteiger partial charge in [0.1, 0.15) is 0 Å². The number of rotatable bonds is 2. The van der Waals surface area contributed by atoms with E-state index in [1.807, 2.05) is 6.92 Å². The molecule has 4 nitrogen and oxygen atoms in total. The molecule has 0 aliphatic heterocycles. The molecular formula is C7H9N3OS.